The molecule has 0 fully saturated rings. The number of fused-ring (bicyclic) bond motifs is 1. The van der Waals surface area contributed by atoms with Crippen molar-refractivity contribution >= 4 is 33.4 Å². The van der Waals surface area contributed by atoms with Gasteiger partial charge in [0.05, 0.1) is 11.7 Å². The topological polar surface area (TPSA) is 101 Å². The molecule has 7 nitrogen and oxygen atoms in total. The number of aliphatic carboxylic acids is 1. The lowest BCUT2D eigenvalue weighted by atomic mass is 10.1. The third-order valence-corrected chi connectivity index (χ3v) is 4.67. The average Bonchev–Trinajstić information content (AvgIpc) is 2.91. The quantitative estimate of drug-likeness (QED) is 0.826. The van der Waals surface area contributed by atoms with E-state index in [0.29, 0.717) is 10.2 Å². The predicted molar refractivity (Wildman–Crippen MR) is 87.7 cm³/mol. The molecule has 0 aliphatic carbocycles. The van der Waals surface area contributed by atoms with Crippen LogP contribution in [0.25, 0.3) is 10.2 Å². The molecule has 0 saturated heterocycles. The second kappa shape index (κ2) is 6.91. The third-order valence-electron chi connectivity index (χ3n) is 3.48. The van der Waals surface area contributed by atoms with E-state index in [9.17, 15) is 14.4 Å². The van der Waals surface area contributed by atoms with Crippen molar-refractivity contribution in [1.82, 2.24) is 14.9 Å². The zero-order valence-corrected chi connectivity index (χ0v) is 14.0. The Labute approximate surface area is 137 Å². The second-order valence-electron chi connectivity index (χ2n) is 5.59. The number of amides is 1. The first kappa shape index (κ1) is 17.1. The Morgan fingerprint density at radius 2 is 2.13 bits per heavy atom. The minimum absolute atomic E-state index is 0.252. The minimum atomic E-state index is -1.10. The highest BCUT2D eigenvalue weighted by atomic mass is 32.1. The molecule has 0 saturated carbocycles. The van der Waals surface area contributed by atoms with Gasteiger partial charge in [-0.05, 0) is 18.4 Å². The molecule has 0 radical (unpaired) electrons. The lowest BCUT2D eigenvalue weighted by Crippen LogP contribution is -2.46. The first-order valence-corrected chi connectivity index (χ1v) is 8.15. The molecular weight excluding hydrogens is 318 g/mol. The van der Waals surface area contributed by atoms with Crippen molar-refractivity contribution < 1.29 is 14.7 Å². The van der Waals surface area contributed by atoms with Crippen molar-refractivity contribution in [3.05, 3.63) is 27.6 Å². The fraction of sp³-hybridized carbons (Fsp3) is 0.467. The minimum Gasteiger partial charge on any atom is -0.480 e. The van der Waals surface area contributed by atoms with Gasteiger partial charge >= 0.3 is 5.97 Å². The summed E-state index contributed by atoms with van der Waals surface area (Å²) in [4.78, 5) is 41.4. The van der Waals surface area contributed by atoms with Crippen LogP contribution < -0.4 is 10.9 Å². The van der Waals surface area contributed by atoms with Crippen molar-refractivity contribution in [3.8, 4) is 0 Å². The van der Waals surface area contributed by atoms with Crippen LogP contribution in [0.2, 0.25) is 0 Å². The number of hydrogen-bond donors (Lipinski definition) is 2. The molecule has 1 amide bonds. The molecule has 1 atom stereocenters. The standard InChI is InChI=1S/C15H19N3O4S/c1-4-9-5-10-13(23-9)16-7-18(14(10)20)6-11(19)17-12(8(2)3)15(21)22/h5,7-8,12H,4,6H2,1-3H3,(H,17,19)(H,21,22). The maximum atomic E-state index is 12.4. The van der Waals surface area contributed by atoms with Crippen LogP contribution in [0.15, 0.2) is 17.2 Å². The summed E-state index contributed by atoms with van der Waals surface area (Å²) in [6.07, 6.45) is 2.14. The fourth-order valence-electron chi connectivity index (χ4n) is 2.18. The zero-order chi connectivity index (χ0) is 17.1. The summed E-state index contributed by atoms with van der Waals surface area (Å²) in [5.74, 6) is -1.88. The number of carbonyl (C=O) groups is 2. The van der Waals surface area contributed by atoms with E-state index in [-0.39, 0.29) is 18.0 Å². The van der Waals surface area contributed by atoms with E-state index >= 15 is 0 Å². The second-order valence-corrected chi connectivity index (χ2v) is 6.71. The summed E-state index contributed by atoms with van der Waals surface area (Å²) < 4.78 is 1.20. The van der Waals surface area contributed by atoms with Crippen molar-refractivity contribution in [1.29, 1.82) is 0 Å². The lowest BCUT2D eigenvalue weighted by molar-refractivity contribution is -0.143. The maximum absolute atomic E-state index is 12.4. The summed E-state index contributed by atoms with van der Waals surface area (Å²) in [5.41, 5.74) is -0.294. The number of aryl methyl sites for hydroxylation is 1. The summed E-state index contributed by atoms with van der Waals surface area (Å²) in [6.45, 7) is 5.15. The number of thiophene rings is 1. The Morgan fingerprint density at radius 1 is 1.43 bits per heavy atom. The molecule has 23 heavy (non-hydrogen) atoms. The van der Waals surface area contributed by atoms with Gasteiger partial charge in [-0.25, -0.2) is 9.78 Å². The average molecular weight is 337 g/mol. The molecule has 0 bridgehead atoms. The predicted octanol–water partition coefficient (Wildman–Crippen LogP) is 1.25. The van der Waals surface area contributed by atoms with E-state index in [1.54, 1.807) is 19.9 Å². The van der Waals surface area contributed by atoms with E-state index in [2.05, 4.69) is 10.3 Å². The number of carboxylic acid groups (broad SMARTS) is 1. The largest absolute Gasteiger partial charge is 0.480 e. The van der Waals surface area contributed by atoms with Gasteiger partial charge in [0.1, 0.15) is 17.4 Å². The fourth-order valence-corrected chi connectivity index (χ4v) is 3.11. The van der Waals surface area contributed by atoms with Gasteiger partial charge in [0.2, 0.25) is 5.91 Å². The molecule has 0 spiro atoms. The van der Waals surface area contributed by atoms with Crippen LogP contribution in [0.4, 0.5) is 0 Å². The van der Waals surface area contributed by atoms with Crippen LogP contribution in [-0.4, -0.2) is 32.6 Å². The Morgan fingerprint density at radius 3 is 2.70 bits per heavy atom. The van der Waals surface area contributed by atoms with Gasteiger partial charge in [-0.1, -0.05) is 20.8 Å². The van der Waals surface area contributed by atoms with Crippen LogP contribution in [-0.2, 0) is 22.6 Å². The van der Waals surface area contributed by atoms with E-state index in [1.807, 2.05) is 6.92 Å². The van der Waals surface area contributed by atoms with E-state index in [1.165, 1.54) is 22.2 Å². The monoisotopic (exact) mass is 337 g/mol. The van der Waals surface area contributed by atoms with E-state index < -0.39 is 17.9 Å². The first-order chi connectivity index (χ1) is 10.8. The van der Waals surface area contributed by atoms with Crippen LogP contribution in [0, 0.1) is 5.92 Å². The number of nitrogens with one attached hydrogen (secondary N) is 1. The smallest absolute Gasteiger partial charge is 0.326 e. The zero-order valence-electron chi connectivity index (χ0n) is 13.2. The van der Waals surface area contributed by atoms with Crippen molar-refractivity contribution in [2.24, 2.45) is 5.92 Å². The molecule has 2 aromatic rings. The van der Waals surface area contributed by atoms with Crippen molar-refractivity contribution in [2.45, 2.75) is 39.8 Å². The number of rotatable bonds is 6. The normalized spacial score (nSPS) is 12.5. The summed E-state index contributed by atoms with van der Waals surface area (Å²) in [5, 5.41) is 12.0. The number of carbonyl (C=O) groups excluding carboxylic acids is 1. The Hall–Kier alpha value is -2.22. The number of aromatic nitrogens is 2. The van der Waals surface area contributed by atoms with Gasteiger partial charge in [-0.3, -0.25) is 14.2 Å². The summed E-state index contributed by atoms with van der Waals surface area (Å²) in [7, 11) is 0. The molecule has 1 unspecified atom stereocenters. The molecule has 0 aliphatic rings. The molecule has 2 rings (SSSR count). The molecule has 2 N–H and O–H groups in total. The highest BCUT2D eigenvalue weighted by Crippen LogP contribution is 2.20. The number of hydrogen-bond acceptors (Lipinski definition) is 5. The molecule has 2 heterocycles. The molecular formula is C15H19N3O4S. The SMILES string of the molecule is CCc1cc2c(=O)n(CC(=O)NC(C(=O)O)C(C)C)cnc2s1. The maximum Gasteiger partial charge on any atom is 0.326 e. The van der Waals surface area contributed by atoms with Gasteiger partial charge in [0.25, 0.3) is 5.56 Å². The van der Waals surface area contributed by atoms with Crippen LogP contribution in [0.5, 0.6) is 0 Å². The van der Waals surface area contributed by atoms with E-state index in [4.69, 9.17) is 5.11 Å². The number of nitrogens with zero attached hydrogens (tertiary/aromatic N) is 2. The Balaban J connectivity index is 2.21. The Bertz CT molecular complexity index is 794. The highest BCUT2D eigenvalue weighted by molar-refractivity contribution is 7.18. The third kappa shape index (κ3) is 3.76. The van der Waals surface area contributed by atoms with Crippen LogP contribution in [0.1, 0.15) is 25.6 Å². The van der Waals surface area contributed by atoms with Gasteiger partial charge in [-0.15, -0.1) is 11.3 Å². The number of carboxylic acids is 1. The van der Waals surface area contributed by atoms with Crippen molar-refractivity contribution in [2.75, 3.05) is 0 Å². The van der Waals surface area contributed by atoms with Gasteiger partial charge in [-0.2, -0.15) is 0 Å². The van der Waals surface area contributed by atoms with Crippen LogP contribution in [0.3, 0.4) is 0 Å². The van der Waals surface area contributed by atoms with Gasteiger partial charge in [0, 0.05) is 4.88 Å². The van der Waals surface area contributed by atoms with Crippen molar-refractivity contribution in [3.63, 3.8) is 0 Å². The highest BCUT2D eigenvalue weighted by Gasteiger charge is 2.23. The molecule has 2 aromatic heterocycles. The van der Waals surface area contributed by atoms with Gasteiger partial charge in [0.15, 0.2) is 0 Å². The summed E-state index contributed by atoms with van der Waals surface area (Å²) >= 11 is 1.45. The first-order valence-electron chi connectivity index (χ1n) is 7.33. The molecule has 8 heteroatoms. The molecule has 0 aromatic carbocycles. The Kier molecular flexibility index (Phi) is 5.15. The van der Waals surface area contributed by atoms with Gasteiger partial charge < -0.3 is 10.4 Å². The van der Waals surface area contributed by atoms with E-state index in [0.717, 1.165) is 11.3 Å². The molecule has 0 aliphatic heterocycles. The lowest BCUT2D eigenvalue weighted by Gasteiger charge is -2.18. The molecule has 124 valence electrons. The summed E-state index contributed by atoms with van der Waals surface area (Å²) in [6, 6.07) is 0.806. The van der Waals surface area contributed by atoms with Crippen LogP contribution >= 0.6 is 11.3 Å².